The van der Waals surface area contributed by atoms with E-state index in [1.807, 2.05) is 26.0 Å². The summed E-state index contributed by atoms with van der Waals surface area (Å²) in [6.07, 6.45) is 1.04. The summed E-state index contributed by atoms with van der Waals surface area (Å²) in [6, 6.07) is 12.9. The number of hydrogen-bond acceptors (Lipinski definition) is 3. The Kier molecular flexibility index (Phi) is 5.26. The molecule has 24 heavy (non-hydrogen) atoms. The van der Waals surface area contributed by atoms with Gasteiger partial charge in [0.1, 0.15) is 11.8 Å². The molecular weight excluding hydrogens is 302 g/mol. The Bertz CT molecular complexity index is 699. The molecule has 2 aromatic carbocycles. The van der Waals surface area contributed by atoms with Crippen LogP contribution in [0.3, 0.4) is 0 Å². The van der Waals surface area contributed by atoms with Crippen molar-refractivity contribution in [2.45, 2.75) is 26.3 Å². The van der Waals surface area contributed by atoms with Gasteiger partial charge in [0.15, 0.2) is 11.5 Å². The quantitative estimate of drug-likeness (QED) is 0.887. The van der Waals surface area contributed by atoms with Crippen LogP contribution in [0.2, 0.25) is 0 Å². The van der Waals surface area contributed by atoms with Gasteiger partial charge in [-0.1, -0.05) is 12.1 Å². The van der Waals surface area contributed by atoms with E-state index in [9.17, 15) is 0 Å². The zero-order valence-corrected chi connectivity index (χ0v) is 14.7. The van der Waals surface area contributed by atoms with E-state index < -0.39 is 0 Å². The lowest BCUT2D eigenvalue weighted by molar-refractivity contribution is -0.690. The van der Waals surface area contributed by atoms with Gasteiger partial charge in [-0.25, -0.2) is 0 Å². The van der Waals surface area contributed by atoms with Gasteiger partial charge in [0.25, 0.3) is 0 Å². The monoisotopic (exact) mass is 328 g/mol. The zero-order valence-electron chi connectivity index (χ0n) is 14.7. The fraction of sp³-hybridized carbons (Fsp3) is 0.400. The van der Waals surface area contributed by atoms with Crippen LogP contribution in [-0.4, -0.2) is 26.9 Å². The van der Waals surface area contributed by atoms with Crippen molar-refractivity contribution in [2.24, 2.45) is 0 Å². The standard InChI is InChI=1S/C20H25NO3/c1-4-23-18-12-14-9-10-21-20(17(14)13-19(18)24-5-2)15-7-6-8-16(11-15)22-3/h6-8,11-13,20-21H,4-5,9-10H2,1-3H3/p+1/t20-/m1/s1. The molecule has 1 aliphatic rings. The van der Waals surface area contributed by atoms with Gasteiger partial charge in [-0.15, -0.1) is 0 Å². The molecule has 0 amide bonds. The molecule has 0 saturated carbocycles. The molecule has 0 unspecified atom stereocenters. The predicted molar refractivity (Wildman–Crippen MR) is 94.1 cm³/mol. The summed E-state index contributed by atoms with van der Waals surface area (Å²) in [7, 11) is 1.71. The van der Waals surface area contributed by atoms with Crippen molar-refractivity contribution in [2.75, 3.05) is 26.9 Å². The molecule has 0 spiro atoms. The van der Waals surface area contributed by atoms with Crippen molar-refractivity contribution >= 4 is 0 Å². The third kappa shape index (κ3) is 3.34. The maximum Gasteiger partial charge on any atom is 0.161 e. The van der Waals surface area contributed by atoms with E-state index >= 15 is 0 Å². The summed E-state index contributed by atoms with van der Waals surface area (Å²) < 4.78 is 17.0. The Hall–Kier alpha value is -2.20. The Morgan fingerprint density at radius 2 is 1.79 bits per heavy atom. The summed E-state index contributed by atoms with van der Waals surface area (Å²) in [5.41, 5.74) is 3.90. The second-order valence-electron chi connectivity index (χ2n) is 5.89. The first-order valence-corrected chi connectivity index (χ1v) is 8.66. The number of fused-ring (bicyclic) bond motifs is 1. The molecule has 4 heteroatoms. The van der Waals surface area contributed by atoms with E-state index in [0.717, 1.165) is 30.2 Å². The first-order chi connectivity index (χ1) is 11.8. The van der Waals surface area contributed by atoms with Crippen LogP contribution in [0, 0.1) is 0 Å². The second-order valence-corrected chi connectivity index (χ2v) is 5.89. The molecule has 4 nitrogen and oxygen atoms in total. The highest BCUT2D eigenvalue weighted by Gasteiger charge is 2.27. The Morgan fingerprint density at radius 1 is 1.04 bits per heavy atom. The molecule has 2 N–H and O–H groups in total. The average Bonchev–Trinajstić information content (AvgIpc) is 2.62. The predicted octanol–water partition coefficient (Wildman–Crippen LogP) is 2.70. The lowest BCUT2D eigenvalue weighted by Gasteiger charge is -2.26. The number of hydrogen-bond donors (Lipinski definition) is 1. The normalized spacial score (nSPS) is 16.4. The van der Waals surface area contributed by atoms with E-state index in [4.69, 9.17) is 14.2 Å². The molecular formula is C20H26NO3+. The van der Waals surface area contributed by atoms with E-state index in [1.165, 1.54) is 16.7 Å². The van der Waals surface area contributed by atoms with Gasteiger partial charge in [0, 0.05) is 17.5 Å². The smallest absolute Gasteiger partial charge is 0.161 e. The lowest BCUT2D eigenvalue weighted by atomic mass is 9.89. The molecule has 0 saturated heterocycles. The topological polar surface area (TPSA) is 44.3 Å². The number of methoxy groups -OCH3 is 1. The van der Waals surface area contributed by atoms with Crippen LogP contribution in [-0.2, 0) is 6.42 Å². The average molecular weight is 328 g/mol. The number of rotatable bonds is 6. The molecule has 0 aliphatic carbocycles. The highest BCUT2D eigenvalue weighted by molar-refractivity contribution is 5.51. The van der Waals surface area contributed by atoms with Crippen molar-refractivity contribution in [3.05, 3.63) is 53.1 Å². The minimum atomic E-state index is 0.263. The summed E-state index contributed by atoms with van der Waals surface area (Å²) in [5, 5.41) is 2.38. The summed E-state index contributed by atoms with van der Waals surface area (Å²) in [4.78, 5) is 0. The van der Waals surface area contributed by atoms with Gasteiger partial charge in [0.05, 0.1) is 26.9 Å². The van der Waals surface area contributed by atoms with Gasteiger partial charge in [0.2, 0.25) is 0 Å². The summed E-state index contributed by atoms with van der Waals surface area (Å²) in [6.45, 7) is 6.34. The van der Waals surface area contributed by atoms with Gasteiger partial charge in [-0.3, -0.25) is 0 Å². The van der Waals surface area contributed by atoms with Crippen molar-refractivity contribution in [1.29, 1.82) is 0 Å². The third-order valence-electron chi connectivity index (χ3n) is 4.41. The van der Waals surface area contributed by atoms with E-state index in [2.05, 4.69) is 29.6 Å². The molecule has 3 rings (SSSR count). The number of benzene rings is 2. The molecule has 1 heterocycles. The van der Waals surface area contributed by atoms with E-state index in [1.54, 1.807) is 7.11 Å². The first kappa shape index (κ1) is 16.7. The molecule has 2 aromatic rings. The highest BCUT2D eigenvalue weighted by atomic mass is 16.5. The summed E-state index contributed by atoms with van der Waals surface area (Å²) in [5.74, 6) is 2.58. The van der Waals surface area contributed by atoms with Crippen molar-refractivity contribution in [1.82, 2.24) is 0 Å². The lowest BCUT2D eigenvalue weighted by Crippen LogP contribution is -2.87. The zero-order chi connectivity index (χ0) is 16.9. The molecule has 0 fully saturated rings. The van der Waals surface area contributed by atoms with Gasteiger partial charge in [-0.05, 0) is 43.7 Å². The maximum absolute atomic E-state index is 5.82. The SMILES string of the molecule is CCOc1cc2c(cc1OCC)[C@@H](c1cccc(OC)c1)[NH2+]CC2. The van der Waals surface area contributed by atoms with Gasteiger partial charge < -0.3 is 19.5 Å². The van der Waals surface area contributed by atoms with Crippen LogP contribution in [0.15, 0.2) is 36.4 Å². The van der Waals surface area contributed by atoms with E-state index in [0.29, 0.717) is 13.2 Å². The minimum Gasteiger partial charge on any atom is -0.497 e. The number of nitrogens with two attached hydrogens (primary N) is 1. The second kappa shape index (κ2) is 7.58. The van der Waals surface area contributed by atoms with E-state index in [-0.39, 0.29) is 6.04 Å². The first-order valence-electron chi connectivity index (χ1n) is 8.66. The van der Waals surface area contributed by atoms with Gasteiger partial charge in [-0.2, -0.15) is 0 Å². The van der Waals surface area contributed by atoms with Crippen LogP contribution in [0.4, 0.5) is 0 Å². The third-order valence-corrected chi connectivity index (χ3v) is 4.41. The maximum atomic E-state index is 5.82. The fourth-order valence-corrected chi connectivity index (χ4v) is 3.34. The van der Waals surface area contributed by atoms with Crippen LogP contribution in [0.1, 0.15) is 36.6 Å². The summed E-state index contributed by atoms with van der Waals surface area (Å²) >= 11 is 0. The van der Waals surface area contributed by atoms with Crippen LogP contribution in [0.25, 0.3) is 0 Å². The van der Waals surface area contributed by atoms with Gasteiger partial charge >= 0.3 is 0 Å². The van der Waals surface area contributed by atoms with Crippen LogP contribution in [0.5, 0.6) is 17.2 Å². The molecule has 1 aliphatic heterocycles. The highest BCUT2D eigenvalue weighted by Crippen LogP contribution is 2.36. The molecule has 1 atom stereocenters. The minimum absolute atomic E-state index is 0.263. The molecule has 0 radical (unpaired) electrons. The Labute approximate surface area is 143 Å². The van der Waals surface area contributed by atoms with Crippen molar-refractivity contribution < 1.29 is 19.5 Å². The van der Waals surface area contributed by atoms with Crippen molar-refractivity contribution in [3.8, 4) is 17.2 Å². The Morgan fingerprint density at radius 3 is 2.50 bits per heavy atom. The number of ether oxygens (including phenoxy) is 3. The molecule has 0 aromatic heterocycles. The Balaban J connectivity index is 2.03. The number of quaternary nitrogens is 1. The van der Waals surface area contributed by atoms with Crippen LogP contribution < -0.4 is 19.5 Å². The largest absolute Gasteiger partial charge is 0.497 e. The molecule has 0 bridgehead atoms. The van der Waals surface area contributed by atoms with Crippen molar-refractivity contribution in [3.63, 3.8) is 0 Å². The molecule has 128 valence electrons. The van der Waals surface area contributed by atoms with Crippen LogP contribution >= 0.6 is 0 Å². The fourth-order valence-electron chi connectivity index (χ4n) is 3.34.